The minimum atomic E-state index is -0.177. The molecule has 0 aromatic heterocycles. The lowest BCUT2D eigenvalue weighted by Crippen LogP contribution is -2.26. The van der Waals surface area contributed by atoms with E-state index in [0.29, 0.717) is 12.1 Å². The Hall–Kier alpha value is -1.44. The molecule has 4 heteroatoms. The molecule has 1 rings (SSSR count). The Kier molecular flexibility index (Phi) is 6.34. The number of carbonyl (C=O) groups excluding carboxylic acids is 1. The van der Waals surface area contributed by atoms with Crippen molar-refractivity contribution >= 4 is 17.7 Å². The minimum absolute atomic E-state index is 0.0748. The standard InChI is InChI=1S/C14H17NO2S/c1-11-5-6-12(4-3-8-16)10-13(11)14(17)15-7-9-18-2/h5-6,10,16H,7-9H2,1-2H3,(H,15,17). The smallest absolute Gasteiger partial charge is 0.251 e. The van der Waals surface area contributed by atoms with E-state index in [1.165, 1.54) is 0 Å². The van der Waals surface area contributed by atoms with Crippen LogP contribution in [0, 0.1) is 18.8 Å². The minimum Gasteiger partial charge on any atom is -0.384 e. The van der Waals surface area contributed by atoms with Gasteiger partial charge in [0.15, 0.2) is 0 Å². The normalized spacial score (nSPS) is 9.50. The molecule has 2 N–H and O–H groups in total. The number of aliphatic hydroxyl groups excluding tert-OH is 1. The number of hydrogen-bond donors (Lipinski definition) is 2. The number of amides is 1. The molecule has 3 nitrogen and oxygen atoms in total. The molecule has 0 aliphatic heterocycles. The van der Waals surface area contributed by atoms with Crippen LogP contribution in [0.15, 0.2) is 18.2 Å². The fraction of sp³-hybridized carbons (Fsp3) is 0.357. The summed E-state index contributed by atoms with van der Waals surface area (Å²) in [5.41, 5.74) is 2.30. The van der Waals surface area contributed by atoms with Gasteiger partial charge in [-0.05, 0) is 30.9 Å². The van der Waals surface area contributed by atoms with Crippen LogP contribution in [0.4, 0.5) is 0 Å². The van der Waals surface area contributed by atoms with E-state index < -0.39 is 0 Å². The largest absolute Gasteiger partial charge is 0.384 e. The van der Waals surface area contributed by atoms with Gasteiger partial charge < -0.3 is 10.4 Å². The summed E-state index contributed by atoms with van der Waals surface area (Å²) in [6.07, 6.45) is 2.00. The second kappa shape index (κ2) is 7.80. The molecule has 0 spiro atoms. The predicted octanol–water partition coefficient (Wildman–Crippen LogP) is 1.43. The van der Waals surface area contributed by atoms with Crippen molar-refractivity contribution in [2.45, 2.75) is 6.92 Å². The average molecular weight is 263 g/mol. The summed E-state index contributed by atoms with van der Waals surface area (Å²) < 4.78 is 0. The van der Waals surface area contributed by atoms with Crippen LogP contribution in [-0.2, 0) is 0 Å². The van der Waals surface area contributed by atoms with Crippen molar-refractivity contribution in [3.63, 3.8) is 0 Å². The Balaban J connectivity index is 2.83. The van der Waals surface area contributed by atoms with E-state index in [1.807, 2.05) is 25.3 Å². The van der Waals surface area contributed by atoms with E-state index in [4.69, 9.17) is 5.11 Å². The molecule has 0 bridgehead atoms. The summed E-state index contributed by atoms with van der Waals surface area (Å²) in [4.78, 5) is 11.9. The molecule has 0 radical (unpaired) electrons. The fourth-order valence-corrected chi connectivity index (χ4v) is 1.75. The molecular weight excluding hydrogens is 246 g/mol. The lowest BCUT2D eigenvalue weighted by atomic mass is 10.0. The second-order valence-electron chi connectivity index (χ2n) is 3.74. The number of rotatable bonds is 4. The Labute approximate surface area is 112 Å². The SMILES string of the molecule is CSCCNC(=O)c1cc(C#CCO)ccc1C. The number of benzene rings is 1. The van der Waals surface area contributed by atoms with Gasteiger partial charge in [-0.3, -0.25) is 4.79 Å². The molecule has 96 valence electrons. The van der Waals surface area contributed by atoms with Crippen LogP contribution in [0.3, 0.4) is 0 Å². The highest BCUT2D eigenvalue weighted by Gasteiger charge is 2.08. The van der Waals surface area contributed by atoms with E-state index in [2.05, 4.69) is 17.2 Å². The maximum absolute atomic E-state index is 11.9. The quantitative estimate of drug-likeness (QED) is 0.638. The third-order valence-electron chi connectivity index (χ3n) is 2.39. The summed E-state index contributed by atoms with van der Waals surface area (Å²) in [5.74, 6) is 6.20. The van der Waals surface area contributed by atoms with Gasteiger partial charge in [0, 0.05) is 23.4 Å². The lowest BCUT2D eigenvalue weighted by molar-refractivity contribution is 0.0955. The van der Waals surface area contributed by atoms with Crippen molar-refractivity contribution < 1.29 is 9.90 Å². The zero-order chi connectivity index (χ0) is 13.4. The summed E-state index contributed by atoms with van der Waals surface area (Å²) in [5, 5.41) is 11.5. The third-order valence-corrected chi connectivity index (χ3v) is 3.00. The third kappa shape index (κ3) is 4.44. The topological polar surface area (TPSA) is 49.3 Å². The molecule has 0 aliphatic rings. The first-order valence-electron chi connectivity index (χ1n) is 5.66. The summed E-state index contributed by atoms with van der Waals surface area (Å²) in [6.45, 7) is 2.38. The lowest BCUT2D eigenvalue weighted by Gasteiger charge is -2.07. The molecule has 18 heavy (non-hydrogen) atoms. The van der Waals surface area contributed by atoms with Crippen molar-refractivity contribution in [2.24, 2.45) is 0 Å². The van der Waals surface area contributed by atoms with E-state index in [0.717, 1.165) is 16.9 Å². The zero-order valence-electron chi connectivity index (χ0n) is 10.6. The van der Waals surface area contributed by atoms with Crippen LogP contribution in [0.5, 0.6) is 0 Å². The average Bonchev–Trinajstić information content (AvgIpc) is 2.38. The van der Waals surface area contributed by atoms with E-state index >= 15 is 0 Å². The highest BCUT2D eigenvalue weighted by atomic mass is 32.2. The first kappa shape index (κ1) is 14.6. The maximum Gasteiger partial charge on any atom is 0.251 e. The first-order valence-corrected chi connectivity index (χ1v) is 7.06. The molecule has 0 unspecified atom stereocenters. The van der Waals surface area contributed by atoms with Gasteiger partial charge in [0.25, 0.3) is 5.91 Å². The zero-order valence-corrected chi connectivity index (χ0v) is 11.4. The molecule has 0 atom stereocenters. The van der Waals surface area contributed by atoms with Crippen LogP contribution in [0.1, 0.15) is 21.5 Å². The van der Waals surface area contributed by atoms with Crippen LogP contribution in [0.2, 0.25) is 0 Å². The Bertz CT molecular complexity index is 474. The number of carbonyl (C=O) groups is 1. The van der Waals surface area contributed by atoms with Crippen LogP contribution < -0.4 is 5.32 Å². The number of aryl methyl sites for hydroxylation is 1. The monoisotopic (exact) mass is 263 g/mol. The van der Waals surface area contributed by atoms with Gasteiger partial charge in [-0.2, -0.15) is 11.8 Å². The molecule has 0 saturated carbocycles. The number of hydrogen-bond acceptors (Lipinski definition) is 3. The van der Waals surface area contributed by atoms with Gasteiger partial charge in [-0.25, -0.2) is 0 Å². The maximum atomic E-state index is 11.9. The van der Waals surface area contributed by atoms with Crippen molar-refractivity contribution in [1.29, 1.82) is 0 Å². The van der Waals surface area contributed by atoms with Gasteiger partial charge in [0.2, 0.25) is 0 Å². The van der Waals surface area contributed by atoms with Crippen molar-refractivity contribution in [3.05, 3.63) is 34.9 Å². The molecule has 0 fully saturated rings. The van der Waals surface area contributed by atoms with Gasteiger partial charge in [0.1, 0.15) is 6.61 Å². The molecule has 0 saturated heterocycles. The van der Waals surface area contributed by atoms with Gasteiger partial charge in [-0.15, -0.1) is 0 Å². The van der Waals surface area contributed by atoms with Crippen LogP contribution >= 0.6 is 11.8 Å². The Morgan fingerprint density at radius 3 is 2.94 bits per heavy atom. The number of nitrogens with one attached hydrogen (secondary N) is 1. The van der Waals surface area contributed by atoms with Crippen LogP contribution in [-0.4, -0.2) is 36.2 Å². The molecular formula is C14H17NO2S. The number of thioether (sulfide) groups is 1. The molecule has 1 aromatic carbocycles. The molecule has 1 aromatic rings. The summed E-state index contributed by atoms with van der Waals surface area (Å²) in [7, 11) is 0. The van der Waals surface area contributed by atoms with Crippen molar-refractivity contribution in [3.8, 4) is 11.8 Å². The van der Waals surface area contributed by atoms with Crippen molar-refractivity contribution in [1.82, 2.24) is 5.32 Å². The molecule has 0 aliphatic carbocycles. The second-order valence-corrected chi connectivity index (χ2v) is 4.72. The van der Waals surface area contributed by atoms with E-state index in [-0.39, 0.29) is 12.5 Å². The Morgan fingerprint density at radius 2 is 2.28 bits per heavy atom. The summed E-state index contributed by atoms with van der Waals surface area (Å²) in [6, 6.07) is 5.47. The molecule has 1 amide bonds. The van der Waals surface area contributed by atoms with Gasteiger partial charge >= 0.3 is 0 Å². The van der Waals surface area contributed by atoms with Gasteiger partial charge in [0.05, 0.1) is 0 Å². The first-order chi connectivity index (χ1) is 8.69. The molecule has 0 heterocycles. The summed E-state index contributed by atoms with van der Waals surface area (Å²) >= 11 is 1.69. The van der Waals surface area contributed by atoms with Crippen LogP contribution in [0.25, 0.3) is 0 Å². The van der Waals surface area contributed by atoms with E-state index in [1.54, 1.807) is 17.8 Å². The Morgan fingerprint density at radius 1 is 1.50 bits per heavy atom. The van der Waals surface area contributed by atoms with Crippen molar-refractivity contribution in [2.75, 3.05) is 25.2 Å². The predicted molar refractivity (Wildman–Crippen MR) is 75.9 cm³/mol. The number of aliphatic hydroxyl groups is 1. The fourth-order valence-electron chi connectivity index (χ4n) is 1.45. The highest BCUT2D eigenvalue weighted by Crippen LogP contribution is 2.10. The van der Waals surface area contributed by atoms with Gasteiger partial charge in [-0.1, -0.05) is 17.9 Å². The highest BCUT2D eigenvalue weighted by molar-refractivity contribution is 7.98. The van der Waals surface area contributed by atoms with E-state index in [9.17, 15) is 4.79 Å².